The first-order valence-corrected chi connectivity index (χ1v) is 10.7. The summed E-state index contributed by atoms with van der Waals surface area (Å²) in [5.74, 6) is -0.768. The summed E-state index contributed by atoms with van der Waals surface area (Å²) in [6.45, 7) is 1.96. The molecule has 1 amide bonds. The van der Waals surface area contributed by atoms with Crippen LogP contribution in [0, 0.1) is 5.82 Å². The number of ether oxygens (including phenoxy) is 1. The van der Waals surface area contributed by atoms with E-state index in [-0.39, 0.29) is 23.0 Å². The molecule has 0 saturated heterocycles. The quantitative estimate of drug-likeness (QED) is 0.619. The monoisotopic (exact) mass is 437 g/mol. The Labute approximate surface area is 184 Å². The summed E-state index contributed by atoms with van der Waals surface area (Å²) in [5, 5.41) is 3.16. The average Bonchev–Trinajstić information content (AvgIpc) is 3.03. The number of aromatic nitrogens is 2. The number of halogens is 1. The first kappa shape index (κ1) is 21.7. The number of hydrogen-bond donors (Lipinski definition) is 1. The van der Waals surface area contributed by atoms with Gasteiger partial charge < -0.3 is 10.1 Å². The molecule has 1 atom stereocenters. The molecule has 4 rings (SSSR count). The summed E-state index contributed by atoms with van der Waals surface area (Å²) in [6.07, 6.45) is 3.71. The van der Waals surface area contributed by atoms with Crippen LogP contribution in [-0.2, 0) is 22.5 Å². The van der Waals surface area contributed by atoms with Crippen LogP contribution in [0.3, 0.4) is 0 Å². The van der Waals surface area contributed by atoms with Crippen molar-refractivity contribution in [2.75, 3.05) is 6.61 Å². The molecule has 8 heteroatoms. The maximum atomic E-state index is 13.0. The highest BCUT2D eigenvalue weighted by Crippen LogP contribution is 2.17. The molecule has 0 radical (unpaired) electrons. The molecular formula is C24H24FN3O4. The van der Waals surface area contributed by atoms with E-state index in [9.17, 15) is 18.8 Å². The van der Waals surface area contributed by atoms with Gasteiger partial charge in [0.15, 0.2) is 6.61 Å². The van der Waals surface area contributed by atoms with Crippen molar-refractivity contribution in [2.45, 2.75) is 45.2 Å². The van der Waals surface area contributed by atoms with Crippen molar-refractivity contribution in [2.24, 2.45) is 0 Å². The van der Waals surface area contributed by atoms with Crippen LogP contribution in [0.15, 0.2) is 47.3 Å². The highest BCUT2D eigenvalue weighted by Gasteiger charge is 2.17. The molecular weight excluding hydrogens is 413 g/mol. The second kappa shape index (κ2) is 9.30. The fourth-order valence-corrected chi connectivity index (χ4v) is 3.88. The summed E-state index contributed by atoms with van der Waals surface area (Å²) in [4.78, 5) is 42.0. The molecule has 7 nitrogen and oxygen atoms in total. The molecule has 1 N–H and O–H groups in total. The van der Waals surface area contributed by atoms with Gasteiger partial charge in [0.1, 0.15) is 11.6 Å². The fraction of sp³-hybridized carbons (Fsp3) is 0.333. The van der Waals surface area contributed by atoms with Crippen molar-refractivity contribution in [1.82, 2.24) is 14.9 Å². The van der Waals surface area contributed by atoms with Gasteiger partial charge in [0.2, 0.25) is 0 Å². The minimum atomic E-state index is -0.673. The van der Waals surface area contributed by atoms with E-state index in [4.69, 9.17) is 4.74 Å². The number of amides is 1. The zero-order valence-corrected chi connectivity index (χ0v) is 17.8. The molecule has 3 aromatic rings. The van der Waals surface area contributed by atoms with Gasteiger partial charge in [-0.05, 0) is 55.7 Å². The van der Waals surface area contributed by atoms with Gasteiger partial charge in [-0.15, -0.1) is 0 Å². The van der Waals surface area contributed by atoms with Gasteiger partial charge in [0, 0.05) is 13.0 Å². The van der Waals surface area contributed by atoms with Crippen LogP contribution in [0.4, 0.5) is 4.39 Å². The second-order valence-electron chi connectivity index (χ2n) is 7.94. The normalized spacial score (nSPS) is 14.3. The third-order valence-corrected chi connectivity index (χ3v) is 5.63. The highest BCUT2D eigenvalue weighted by atomic mass is 19.1. The third kappa shape index (κ3) is 4.69. The van der Waals surface area contributed by atoms with E-state index < -0.39 is 18.5 Å². The highest BCUT2D eigenvalue weighted by molar-refractivity contribution is 5.95. The topological polar surface area (TPSA) is 90.3 Å². The maximum absolute atomic E-state index is 13.0. The molecule has 0 fully saturated rings. The van der Waals surface area contributed by atoms with Crippen molar-refractivity contribution in [1.29, 1.82) is 0 Å². The van der Waals surface area contributed by atoms with Gasteiger partial charge >= 0.3 is 5.97 Å². The first-order valence-electron chi connectivity index (χ1n) is 10.7. The van der Waals surface area contributed by atoms with Crippen LogP contribution < -0.4 is 10.9 Å². The van der Waals surface area contributed by atoms with Crippen molar-refractivity contribution in [3.8, 4) is 0 Å². The van der Waals surface area contributed by atoms with E-state index in [0.717, 1.165) is 37.1 Å². The Kier molecular flexibility index (Phi) is 6.30. The zero-order chi connectivity index (χ0) is 22.7. The van der Waals surface area contributed by atoms with Crippen molar-refractivity contribution >= 4 is 22.8 Å². The molecule has 2 heterocycles. The molecule has 32 heavy (non-hydrogen) atoms. The van der Waals surface area contributed by atoms with Crippen LogP contribution in [-0.4, -0.2) is 28.0 Å². The zero-order valence-electron chi connectivity index (χ0n) is 17.8. The van der Waals surface area contributed by atoms with Crippen molar-refractivity contribution < 1.29 is 18.7 Å². The van der Waals surface area contributed by atoms with E-state index in [1.807, 2.05) is 0 Å². The van der Waals surface area contributed by atoms with E-state index in [2.05, 4.69) is 10.3 Å². The molecule has 1 aromatic heterocycles. The fourth-order valence-electron chi connectivity index (χ4n) is 3.88. The summed E-state index contributed by atoms with van der Waals surface area (Å²) in [5.41, 5.74) is 1.31. The van der Waals surface area contributed by atoms with Crippen LogP contribution in [0.1, 0.15) is 54.0 Å². The molecule has 0 saturated carbocycles. The van der Waals surface area contributed by atoms with Gasteiger partial charge in [0.05, 0.1) is 22.5 Å². The molecule has 1 aliphatic rings. The number of rotatable bonds is 5. The number of aryl methyl sites for hydroxylation is 1. The number of carbonyl (C=O) groups excluding carboxylic acids is 2. The molecule has 0 unspecified atom stereocenters. The lowest BCUT2D eigenvalue weighted by molar-refractivity contribution is -0.124. The summed E-state index contributed by atoms with van der Waals surface area (Å²) in [7, 11) is 0. The van der Waals surface area contributed by atoms with E-state index >= 15 is 0 Å². The van der Waals surface area contributed by atoms with Crippen LogP contribution in [0.5, 0.6) is 0 Å². The predicted octanol–water partition coefficient (Wildman–Crippen LogP) is 3.30. The number of carbonyl (C=O) groups is 2. The summed E-state index contributed by atoms with van der Waals surface area (Å²) in [6, 6.07) is 10.0. The Balaban J connectivity index is 1.42. The van der Waals surface area contributed by atoms with Crippen molar-refractivity contribution in [3.05, 3.63) is 75.6 Å². The minimum absolute atomic E-state index is 0.0963. The number of fused-ring (bicyclic) bond motifs is 2. The molecule has 1 aliphatic heterocycles. The lowest BCUT2D eigenvalue weighted by atomic mass is 10.1. The first-order chi connectivity index (χ1) is 15.4. The van der Waals surface area contributed by atoms with Gasteiger partial charge in [-0.25, -0.2) is 14.2 Å². The van der Waals surface area contributed by atoms with Gasteiger partial charge in [-0.3, -0.25) is 14.2 Å². The number of nitrogens with zero attached hydrogens (tertiary/aromatic N) is 2. The largest absolute Gasteiger partial charge is 0.452 e. The standard InChI is InChI=1S/C24H24FN3O4/c1-15(16-6-9-18(25)10-7-16)26-22(29)14-32-24(31)17-8-11-19-20(13-17)27-21-5-3-2-4-12-28(21)23(19)30/h6-11,13,15H,2-5,12,14H2,1H3,(H,26,29)/t15-/m0/s1. The lowest BCUT2D eigenvalue weighted by Gasteiger charge is -2.14. The summed E-state index contributed by atoms with van der Waals surface area (Å²) < 4.78 is 19.9. The number of esters is 1. The smallest absolute Gasteiger partial charge is 0.338 e. The molecule has 2 aromatic carbocycles. The SMILES string of the molecule is C[C@H](NC(=O)COC(=O)c1ccc2c(=O)n3c(nc2c1)CCCCC3)c1ccc(F)cc1. The molecule has 0 bridgehead atoms. The van der Waals surface area contributed by atoms with Crippen molar-refractivity contribution in [3.63, 3.8) is 0 Å². The summed E-state index contributed by atoms with van der Waals surface area (Å²) >= 11 is 0. The Morgan fingerprint density at radius 1 is 1.16 bits per heavy atom. The number of benzene rings is 2. The van der Waals surface area contributed by atoms with Crippen LogP contribution in [0.2, 0.25) is 0 Å². The van der Waals surface area contributed by atoms with Crippen LogP contribution in [0.25, 0.3) is 10.9 Å². The Hall–Kier alpha value is -3.55. The Morgan fingerprint density at radius 3 is 2.72 bits per heavy atom. The average molecular weight is 437 g/mol. The maximum Gasteiger partial charge on any atom is 0.338 e. The van der Waals surface area contributed by atoms with Crippen LogP contribution >= 0.6 is 0 Å². The molecule has 0 spiro atoms. The predicted molar refractivity (Wildman–Crippen MR) is 117 cm³/mol. The van der Waals surface area contributed by atoms with Gasteiger partial charge in [-0.1, -0.05) is 18.6 Å². The lowest BCUT2D eigenvalue weighted by Crippen LogP contribution is -2.31. The number of nitrogens with one attached hydrogen (secondary N) is 1. The van der Waals surface area contributed by atoms with E-state index in [0.29, 0.717) is 17.4 Å². The Morgan fingerprint density at radius 2 is 1.94 bits per heavy atom. The Bertz CT molecular complexity index is 1220. The van der Waals surface area contributed by atoms with E-state index in [1.165, 1.54) is 24.3 Å². The molecule has 166 valence electrons. The van der Waals surface area contributed by atoms with Gasteiger partial charge in [0.25, 0.3) is 11.5 Å². The number of hydrogen-bond acceptors (Lipinski definition) is 5. The second-order valence-corrected chi connectivity index (χ2v) is 7.94. The minimum Gasteiger partial charge on any atom is -0.452 e. The van der Waals surface area contributed by atoms with E-state index in [1.54, 1.807) is 29.7 Å². The third-order valence-electron chi connectivity index (χ3n) is 5.63. The van der Waals surface area contributed by atoms with Gasteiger partial charge in [-0.2, -0.15) is 0 Å². The molecule has 0 aliphatic carbocycles.